The minimum Gasteiger partial charge on any atom is -0.481 e. The van der Waals surface area contributed by atoms with Gasteiger partial charge < -0.3 is 5.11 Å². The van der Waals surface area contributed by atoms with Crippen LogP contribution in [0.4, 0.5) is 0 Å². The zero-order chi connectivity index (χ0) is 14.5. The van der Waals surface area contributed by atoms with Crippen LogP contribution in [-0.2, 0) is 10.2 Å². The number of hydrogen-bond donors (Lipinski definition) is 1. The lowest BCUT2D eigenvalue weighted by Gasteiger charge is -2.20. The van der Waals surface area contributed by atoms with E-state index in [9.17, 15) is 4.79 Å². The van der Waals surface area contributed by atoms with E-state index in [-0.39, 0.29) is 11.8 Å². The Balaban J connectivity index is 2.72. The molecular weight excluding hydrogens is 236 g/mol. The number of benzene rings is 1. The summed E-state index contributed by atoms with van der Waals surface area (Å²) in [6.07, 6.45) is 5.92. The Hall–Kier alpha value is -1.57. The molecule has 104 valence electrons. The first-order valence-electron chi connectivity index (χ1n) is 6.80. The number of unbranched alkanes of at least 4 members (excludes halogenated alkanes) is 1. The van der Waals surface area contributed by atoms with Crippen LogP contribution in [0.5, 0.6) is 0 Å². The van der Waals surface area contributed by atoms with Crippen molar-refractivity contribution in [2.24, 2.45) is 0 Å². The van der Waals surface area contributed by atoms with Crippen LogP contribution < -0.4 is 0 Å². The number of allylic oxidation sites excluding steroid dienone is 1. The standard InChI is InChI=1S/C17H24O2/c1-13-10-11-15(17(2,3)4)12-14(13)8-6-5-7-9-16(18)19/h6,8,10-12H,5,7,9H2,1-4H3,(H,18,19)/b8-6+. The van der Waals surface area contributed by atoms with Crippen LogP contribution in [0, 0.1) is 6.92 Å². The summed E-state index contributed by atoms with van der Waals surface area (Å²) < 4.78 is 0. The summed E-state index contributed by atoms with van der Waals surface area (Å²) >= 11 is 0. The molecule has 0 aliphatic rings. The van der Waals surface area contributed by atoms with Gasteiger partial charge in [0.15, 0.2) is 0 Å². The van der Waals surface area contributed by atoms with Gasteiger partial charge in [0, 0.05) is 6.42 Å². The molecule has 1 N–H and O–H groups in total. The van der Waals surface area contributed by atoms with Gasteiger partial charge in [-0.3, -0.25) is 4.79 Å². The van der Waals surface area contributed by atoms with Gasteiger partial charge in [-0.25, -0.2) is 0 Å². The van der Waals surface area contributed by atoms with E-state index in [2.05, 4.69) is 58.0 Å². The fraction of sp³-hybridized carbons (Fsp3) is 0.471. The molecule has 0 spiro atoms. The summed E-state index contributed by atoms with van der Waals surface area (Å²) in [6, 6.07) is 6.55. The highest BCUT2D eigenvalue weighted by molar-refractivity contribution is 5.66. The van der Waals surface area contributed by atoms with Crippen molar-refractivity contribution in [3.63, 3.8) is 0 Å². The highest BCUT2D eigenvalue weighted by Gasteiger charge is 2.13. The molecule has 2 nitrogen and oxygen atoms in total. The second kappa shape index (κ2) is 6.55. The fourth-order valence-electron chi connectivity index (χ4n) is 1.87. The number of carbonyl (C=O) groups is 1. The van der Waals surface area contributed by atoms with Gasteiger partial charge in [0.1, 0.15) is 0 Å². The Kier molecular flexibility index (Phi) is 5.34. The van der Waals surface area contributed by atoms with Gasteiger partial charge in [0.2, 0.25) is 0 Å². The van der Waals surface area contributed by atoms with E-state index in [0.29, 0.717) is 6.42 Å². The first-order valence-corrected chi connectivity index (χ1v) is 6.80. The normalized spacial score (nSPS) is 12.0. The van der Waals surface area contributed by atoms with Crippen molar-refractivity contribution in [2.45, 2.75) is 52.4 Å². The maximum atomic E-state index is 10.4. The van der Waals surface area contributed by atoms with E-state index in [4.69, 9.17) is 5.11 Å². The number of rotatable bonds is 5. The Labute approximate surface area is 116 Å². The summed E-state index contributed by atoms with van der Waals surface area (Å²) in [5, 5.41) is 8.58. The molecule has 0 aliphatic carbocycles. The summed E-state index contributed by atoms with van der Waals surface area (Å²) in [5.41, 5.74) is 3.95. The van der Waals surface area contributed by atoms with Crippen molar-refractivity contribution in [3.05, 3.63) is 41.0 Å². The largest absolute Gasteiger partial charge is 0.481 e. The van der Waals surface area contributed by atoms with E-state index >= 15 is 0 Å². The Morgan fingerprint density at radius 2 is 2.00 bits per heavy atom. The third kappa shape index (κ3) is 5.29. The van der Waals surface area contributed by atoms with Crippen molar-refractivity contribution in [1.82, 2.24) is 0 Å². The molecule has 1 aromatic carbocycles. The van der Waals surface area contributed by atoms with Crippen molar-refractivity contribution < 1.29 is 9.90 Å². The molecule has 0 saturated carbocycles. The Morgan fingerprint density at radius 1 is 1.32 bits per heavy atom. The topological polar surface area (TPSA) is 37.3 Å². The molecule has 0 aliphatic heterocycles. The minimum atomic E-state index is -0.723. The molecule has 0 bridgehead atoms. The van der Waals surface area contributed by atoms with Gasteiger partial charge in [-0.1, -0.05) is 51.1 Å². The monoisotopic (exact) mass is 260 g/mol. The average Bonchev–Trinajstić information content (AvgIpc) is 2.29. The van der Waals surface area contributed by atoms with Gasteiger partial charge in [-0.2, -0.15) is 0 Å². The predicted molar refractivity (Wildman–Crippen MR) is 80.4 cm³/mol. The summed E-state index contributed by atoms with van der Waals surface area (Å²) in [4.78, 5) is 10.4. The van der Waals surface area contributed by atoms with Crippen LogP contribution in [0.1, 0.15) is 56.7 Å². The molecule has 1 aromatic rings. The van der Waals surface area contributed by atoms with Crippen molar-refractivity contribution in [2.75, 3.05) is 0 Å². The second-order valence-corrected chi connectivity index (χ2v) is 6.01. The summed E-state index contributed by atoms with van der Waals surface area (Å²) in [5.74, 6) is -0.723. The van der Waals surface area contributed by atoms with Crippen LogP contribution >= 0.6 is 0 Å². The zero-order valence-corrected chi connectivity index (χ0v) is 12.4. The van der Waals surface area contributed by atoms with Crippen LogP contribution in [0.3, 0.4) is 0 Å². The van der Waals surface area contributed by atoms with Gasteiger partial charge in [0.25, 0.3) is 0 Å². The smallest absolute Gasteiger partial charge is 0.303 e. The first-order chi connectivity index (χ1) is 8.80. The molecule has 0 unspecified atom stereocenters. The molecule has 0 aromatic heterocycles. The van der Waals surface area contributed by atoms with E-state index < -0.39 is 5.97 Å². The molecule has 0 heterocycles. The number of aryl methyl sites for hydroxylation is 1. The zero-order valence-electron chi connectivity index (χ0n) is 12.4. The Morgan fingerprint density at radius 3 is 2.58 bits per heavy atom. The summed E-state index contributed by atoms with van der Waals surface area (Å²) in [7, 11) is 0. The van der Waals surface area contributed by atoms with Gasteiger partial charge >= 0.3 is 5.97 Å². The lowest BCUT2D eigenvalue weighted by molar-refractivity contribution is -0.137. The van der Waals surface area contributed by atoms with Crippen LogP contribution in [0.2, 0.25) is 0 Å². The highest BCUT2D eigenvalue weighted by Crippen LogP contribution is 2.25. The third-order valence-electron chi connectivity index (χ3n) is 3.20. The van der Waals surface area contributed by atoms with E-state index in [0.717, 1.165) is 6.42 Å². The van der Waals surface area contributed by atoms with Crippen LogP contribution in [0.15, 0.2) is 24.3 Å². The lowest BCUT2D eigenvalue weighted by Crippen LogP contribution is -2.11. The molecule has 0 saturated heterocycles. The number of carboxylic acid groups (broad SMARTS) is 1. The lowest BCUT2D eigenvalue weighted by atomic mass is 9.85. The number of aliphatic carboxylic acids is 1. The summed E-state index contributed by atoms with van der Waals surface area (Å²) in [6.45, 7) is 8.72. The molecule has 1 rings (SSSR count). The van der Waals surface area contributed by atoms with E-state index in [1.807, 2.05) is 0 Å². The van der Waals surface area contributed by atoms with Crippen molar-refractivity contribution in [1.29, 1.82) is 0 Å². The van der Waals surface area contributed by atoms with Gasteiger partial charge in [-0.15, -0.1) is 0 Å². The van der Waals surface area contributed by atoms with Gasteiger partial charge in [-0.05, 0) is 41.9 Å². The highest BCUT2D eigenvalue weighted by atomic mass is 16.4. The van der Waals surface area contributed by atoms with E-state index in [1.54, 1.807) is 0 Å². The quantitative estimate of drug-likeness (QED) is 0.788. The number of hydrogen-bond acceptors (Lipinski definition) is 1. The van der Waals surface area contributed by atoms with Crippen molar-refractivity contribution >= 4 is 12.0 Å². The van der Waals surface area contributed by atoms with Crippen LogP contribution in [-0.4, -0.2) is 11.1 Å². The average molecular weight is 260 g/mol. The van der Waals surface area contributed by atoms with Crippen molar-refractivity contribution in [3.8, 4) is 0 Å². The molecule has 2 heteroatoms. The molecule has 0 radical (unpaired) electrons. The van der Waals surface area contributed by atoms with Gasteiger partial charge in [0.05, 0.1) is 0 Å². The minimum absolute atomic E-state index is 0.152. The molecule has 0 amide bonds. The maximum absolute atomic E-state index is 10.4. The number of carboxylic acids is 1. The Bertz CT molecular complexity index is 465. The molecule has 0 fully saturated rings. The molecular formula is C17H24O2. The second-order valence-electron chi connectivity index (χ2n) is 6.01. The van der Waals surface area contributed by atoms with E-state index in [1.165, 1.54) is 16.7 Å². The predicted octanol–water partition coefficient (Wildman–Crippen LogP) is 4.56. The maximum Gasteiger partial charge on any atom is 0.303 e. The van der Waals surface area contributed by atoms with Crippen LogP contribution in [0.25, 0.3) is 6.08 Å². The SMILES string of the molecule is Cc1ccc(C(C)(C)C)cc1/C=C/CCCC(=O)O. The fourth-order valence-corrected chi connectivity index (χ4v) is 1.87. The first kappa shape index (κ1) is 15.5. The molecule has 19 heavy (non-hydrogen) atoms. The third-order valence-corrected chi connectivity index (χ3v) is 3.20. The molecule has 0 atom stereocenters.